The molecule has 2 N–H and O–H groups in total. The average molecular weight is 365 g/mol. The summed E-state index contributed by atoms with van der Waals surface area (Å²) in [6.45, 7) is 2.91. The molecule has 3 aromatic rings. The van der Waals surface area contributed by atoms with Crippen LogP contribution in [0.25, 0.3) is 10.8 Å². The van der Waals surface area contributed by atoms with E-state index in [2.05, 4.69) is 15.4 Å². The zero-order chi connectivity index (χ0) is 18.6. The molecule has 4 rings (SSSR count). The number of hydrogen-bond acceptors (Lipinski definition) is 6. The lowest BCUT2D eigenvalue weighted by Gasteiger charge is -2.26. The summed E-state index contributed by atoms with van der Waals surface area (Å²) in [5.74, 6) is 0.696. The number of nitrogens with one attached hydrogen (secondary N) is 1. The van der Waals surface area contributed by atoms with Gasteiger partial charge in [-0.25, -0.2) is 5.43 Å². The van der Waals surface area contributed by atoms with Crippen molar-refractivity contribution in [2.45, 2.75) is 0 Å². The summed E-state index contributed by atoms with van der Waals surface area (Å²) < 4.78 is 11.0. The average Bonchev–Trinajstić information content (AvgIpc) is 3.17. The van der Waals surface area contributed by atoms with Crippen LogP contribution in [0.4, 0.5) is 5.88 Å². The predicted molar refractivity (Wildman–Crippen MR) is 102 cm³/mol. The summed E-state index contributed by atoms with van der Waals surface area (Å²) in [5, 5.41) is 15.7. The fourth-order valence-electron chi connectivity index (χ4n) is 2.99. The molecule has 0 saturated carbocycles. The number of aromatic hydroxyl groups is 1. The molecule has 1 saturated heterocycles. The maximum Gasteiger partial charge on any atom is 0.275 e. The molecule has 1 aromatic heterocycles. The number of carbonyl (C=O) groups excluding carboxylic acids is 1. The zero-order valence-electron chi connectivity index (χ0n) is 14.6. The number of phenols is 1. The molecule has 1 aliphatic heterocycles. The molecule has 0 bridgehead atoms. The van der Waals surface area contributed by atoms with Crippen molar-refractivity contribution in [2.24, 2.45) is 5.10 Å². The van der Waals surface area contributed by atoms with Crippen LogP contribution in [-0.2, 0) is 4.74 Å². The zero-order valence-corrected chi connectivity index (χ0v) is 14.6. The first kappa shape index (κ1) is 17.1. The minimum absolute atomic E-state index is 0.0889. The van der Waals surface area contributed by atoms with Gasteiger partial charge in [0.15, 0.2) is 5.88 Å². The second kappa shape index (κ2) is 7.51. The third kappa shape index (κ3) is 3.78. The molecule has 7 heteroatoms. The van der Waals surface area contributed by atoms with Crippen molar-refractivity contribution in [3.05, 3.63) is 59.9 Å². The number of rotatable bonds is 4. The lowest BCUT2D eigenvalue weighted by atomic mass is 10.1. The smallest absolute Gasteiger partial charge is 0.275 e. The SMILES string of the molecule is O=C(N/N=C/c1ccc(N2CCOCC2)o1)c1cc2ccccc2cc1O. The van der Waals surface area contributed by atoms with Crippen LogP contribution in [-0.4, -0.2) is 43.5 Å². The number of phenolic OH excluding ortho intramolecular Hbond substituents is 1. The van der Waals surface area contributed by atoms with Crippen molar-refractivity contribution in [2.75, 3.05) is 31.2 Å². The third-order valence-electron chi connectivity index (χ3n) is 4.40. The van der Waals surface area contributed by atoms with Gasteiger partial charge in [0.05, 0.1) is 25.0 Å². The van der Waals surface area contributed by atoms with E-state index in [1.54, 1.807) is 18.2 Å². The normalized spacial score (nSPS) is 14.7. The Balaban J connectivity index is 1.43. The van der Waals surface area contributed by atoms with Crippen LogP contribution in [0.15, 0.2) is 58.0 Å². The van der Waals surface area contributed by atoms with Crippen LogP contribution in [0.3, 0.4) is 0 Å². The molecule has 27 heavy (non-hydrogen) atoms. The molecule has 2 heterocycles. The number of amides is 1. The molecular weight excluding hydrogens is 346 g/mol. The van der Waals surface area contributed by atoms with Crippen LogP contribution in [0.1, 0.15) is 16.1 Å². The standard InChI is InChI=1S/C20H19N3O4/c24-18-12-15-4-2-1-3-14(15)11-17(18)20(25)22-21-13-16-5-6-19(27-16)23-7-9-26-10-8-23/h1-6,11-13,24H,7-10H2,(H,22,25)/b21-13+. The van der Waals surface area contributed by atoms with E-state index in [1.165, 1.54) is 6.21 Å². The van der Waals surface area contributed by atoms with E-state index in [9.17, 15) is 9.90 Å². The number of hydrazone groups is 1. The molecule has 138 valence electrons. The van der Waals surface area contributed by atoms with Crippen LogP contribution in [0.2, 0.25) is 0 Å². The molecule has 0 aliphatic carbocycles. The van der Waals surface area contributed by atoms with E-state index in [1.807, 2.05) is 30.3 Å². The van der Waals surface area contributed by atoms with E-state index in [-0.39, 0.29) is 11.3 Å². The van der Waals surface area contributed by atoms with Gasteiger partial charge in [-0.3, -0.25) is 4.79 Å². The Labute approximate surface area is 155 Å². The summed E-state index contributed by atoms with van der Waals surface area (Å²) in [7, 11) is 0. The first-order valence-electron chi connectivity index (χ1n) is 8.68. The highest BCUT2D eigenvalue weighted by Gasteiger charge is 2.14. The molecular formula is C20H19N3O4. The van der Waals surface area contributed by atoms with Gasteiger partial charge in [0.1, 0.15) is 11.5 Å². The summed E-state index contributed by atoms with van der Waals surface area (Å²) in [6, 6.07) is 14.4. The van der Waals surface area contributed by atoms with E-state index in [4.69, 9.17) is 9.15 Å². The highest BCUT2D eigenvalue weighted by atomic mass is 16.5. The summed E-state index contributed by atoms with van der Waals surface area (Å²) in [6.07, 6.45) is 1.43. The Bertz CT molecular complexity index is 990. The largest absolute Gasteiger partial charge is 0.507 e. The Hall–Kier alpha value is -3.32. The quantitative estimate of drug-likeness (QED) is 0.548. The van der Waals surface area contributed by atoms with Gasteiger partial charge >= 0.3 is 0 Å². The first-order valence-corrected chi connectivity index (χ1v) is 8.68. The number of hydrogen-bond donors (Lipinski definition) is 2. The summed E-state index contributed by atoms with van der Waals surface area (Å²) >= 11 is 0. The fourth-order valence-corrected chi connectivity index (χ4v) is 2.99. The first-order chi connectivity index (χ1) is 13.2. The Morgan fingerprint density at radius 3 is 2.63 bits per heavy atom. The topological polar surface area (TPSA) is 87.3 Å². The number of fused-ring (bicyclic) bond motifs is 1. The maximum absolute atomic E-state index is 12.3. The van der Waals surface area contributed by atoms with Crippen molar-refractivity contribution in [3.63, 3.8) is 0 Å². The lowest BCUT2D eigenvalue weighted by Crippen LogP contribution is -2.35. The Kier molecular flexibility index (Phi) is 4.76. The van der Waals surface area contributed by atoms with Crippen LogP contribution in [0.5, 0.6) is 5.75 Å². The Morgan fingerprint density at radius 1 is 1.11 bits per heavy atom. The van der Waals surface area contributed by atoms with Crippen molar-refractivity contribution >= 4 is 28.8 Å². The summed E-state index contributed by atoms with van der Waals surface area (Å²) in [5.41, 5.74) is 2.58. The molecule has 2 aromatic carbocycles. The van der Waals surface area contributed by atoms with Crippen molar-refractivity contribution in [1.29, 1.82) is 0 Å². The third-order valence-corrected chi connectivity index (χ3v) is 4.40. The van der Waals surface area contributed by atoms with Gasteiger partial charge in [0.25, 0.3) is 5.91 Å². The molecule has 1 aliphatic rings. The molecule has 7 nitrogen and oxygen atoms in total. The van der Waals surface area contributed by atoms with Gasteiger partial charge in [-0.15, -0.1) is 0 Å². The minimum Gasteiger partial charge on any atom is -0.507 e. The second-order valence-electron chi connectivity index (χ2n) is 6.19. The van der Waals surface area contributed by atoms with Crippen LogP contribution in [0, 0.1) is 0 Å². The molecule has 0 atom stereocenters. The van der Waals surface area contributed by atoms with Gasteiger partial charge in [0.2, 0.25) is 0 Å². The number of morpholine rings is 1. The molecule has 0 unspecified atom stereocenters. The molecule has 0 radical (unpaired) electrons. The lowest BCUT2D eigenvalue weighted by molar-refractivity contribution is 0.0952. The van der Waals surface area contributed by atoms with Gasteiger partial charge in [0, 0.05) is 19.2 Å². The molecule has 1 amide bonds. The summed E-state index contributed by atoms with van der Waals surface area (Å²) in [4.78, 5) is 14.4. The highest BCUT2D eigenvalue weighted by Crippen LogP contribution is 2.25. The van der Waals surface area contributed by atoms with Crippen LogP contribution >= 0.6 is 0 Å². The van der Waals surface area contributed by atoms with Crippen molar-refractivity contribution in [1.82, 2.24) is 5.43 Å². The Morgan fingerprint density at radius 2 is 1.85 bits per heavy atom. The number of carbonyl (C=O) groups is 1. The van der Waals surface area contributed by atoms with Gasteiger partial charge in [-0.1, -0.05) is 24.3 Å². The second-order valence-corrected chi connectivity index (χ2v) is 6.19. The highest BCUT2D eigenvalue weighted by molar-refractivity contribution is 6.01. The molecule has 0 spiro atoms. The molecule has 1 fully saturated rings. The number of nitrogens with zero attached hydrogens (tertiary/aromatic N) is 2. The number of benzene rings is 2. The minimum atomic E-state index is -0.491. The van der Waals surface area contributed by atoms with E-state index in [0.717, 1.165) is 29.7 Å². The number of ether oxygens (including phenoxy) is 1. The fraction of sp³-hybridized carbons (Fsp3) is 0.200. The number of anilines is 1. The van der Waals surface area contributed by atoms with Crippen LogP contribution < -0.4 is 10.3 Å². The number of furan rings is 1. The van der Waals surface area contributed by atoms with E-state index >= 15 is 0 Å². The van der Waals surface area contributed by atoms with Crippen molar-refractivity contribution < 1.29 is 19.1 Å². The van der Waals surface area contributed by atoms with Gasteiger partial charge < -0.3 is 19.2 Å². The van der Waals surface area contributed by atoms with E-state index in [0.29, 0.717) is 19.0 Å². The van der Waals surface area contributed by atoms with E-state index < -0.39 is 5.91 Å². The monoisotopic (exact) mass is 365 g/mol. The van der Waals surface area contributed by atoms with Crippen molar-refractivity contribution in [3.8, 4) is 5.75 Å². The van der Waals surface area contributed by atoms with Gasteiger partial charge in [-0.2, -0.15) is 5.10 Å². The van der Waals surface area contributed by atoms with Gasteiger partial charge in [-0.05, 0) is 29.0 Å². The maximum atomic E-state index is 12.3. The predicted octanol–water partition coefficient (Wildman–Crippen LogP) is 2.74.